The average Bonchev–Trinajstić information content (AvgIpc) is 2.57. The maximum Gasteiger partial charge on any atom is 0.220 e. The summed E-state index contributed by atoms with van der Waals surface area (Å²) < 4.78 is 0. The molecular weight excluding hydrogens is 300 g/mol. The molecule has 4 bridgehead atoms. The van der Waals surface area contributed by atoms with E-state index in [0.717, 1.165) is 29.7 Å². The molecule has 4 aliphatic rings. The first-order valence-corrected chi connectivity index (χ1v) is 9.47. The minimum atomic E-state index is -0.379. The van der Waals surface area contributed by atoms with Crippen LogP contribution in [0.15, 0.2) is 24.5 Å². The number of nitrogens with zero attached hydrogens (tertiary/aromatic N) is 1. The van der Waals surface area contributed by atoms with E-state index in [4.69, 9.17) is 0 Å². The molecular formula is C20H28N2O2. The van der Waals surface area contributed by atoms with Gasteiger partial charge in [-0.2, -0.15) is 0 Å². The largest absolute Gasteiger partial charge is 0.391 e. The molecule has 2 N–H and O–H groups in total. The highest BCUT2D eigenvalue weighted by atomic mass is 16.3. The van der Waals surface area contributed by atoms with Crippen LogP contribution in [0.3, 0.4) is 0 Å². The lowest BCUT2D eigenvalue weighted by molar-refractivity contribution is -0.129. The lowest BCUT2D eigenvalue weighted by atomic mass is 9.48. The van der Waals surface area contributed by atoms with Crippen molar-refractivity contribution in [3.05, 3.63) is 30.1 Å². The van der Waals surface area contributed by atoms with Crippen molar-refractivity contribution >= 4 is 5.91 Å². The molecule has 1 amide bonds. The van der Waals surface area contributed by atoms with Gasteiger partial charge in [0.25, 0.3) is 0 Å². The Morgan fingerprint density at radius 3 is 2.33 bits per heavy atom. The van der Waals surface area contributed by atoms with Gasteiger partial charge < -0.3 is 10.4 Å². The molecule has 5 rings (SSSR count). The molecule has 1 heterocycles. The Morgan fingerprint density at radius 2 is 1.75 bits per heavy atom. The number of aryl methyl sites for hydroxylation is 1. The first-order chi connectivity index (χ1) is 11.6. The molecule has 4 saturated carbocycles. The van der Waals surface area contributed by atoms with Gasteiger partial charge in [0.1, 0.15) is 0 Å². The number of aliphatic hydroxyl groups is 1. The Balaban J connectivity index is 1.27. The highest BCUT2D eigenvalue weighted by Crippen LogP contribution is 2.61. The van der Waals surface area contributed by atoms with E-state index < -0.39 is 0 Å². The number of nitrogens with one attached hydrogen (secondary N) is 1. The summed E-state index contributed by atoms with van der Waals surface area (Å²) in [6.07, 6.45) is 12.0. The fraction of sp³-hybridized carbons (Fsp3) is 0.700. The number of carbonyl (C=O) groups excluding carboxylic acids is 1. The summed E-state index contributed by atoms with van der Waals surface area (Å²) in [5, 5.41) is 13.8. The molecule has 1 aromatic rings. The second-order valence-electron chi connectivity index (χ2n) is 8.46. The van der Waals surface area contributed by atoms with E-state index in [-0.39, 0.29) is 17.4 Å². The van der Waals surface area contributed by atoms with Crippen LogP contribution in [0.25, 0.3) is 0 Å². The van der Waals surface area contributed by atoms with E-state index in [1.165, 1.54) is 38.5 Å². The molecule has 24 heavy (non-hydrogen) atoms. The highest BCUT2D eigenvalue weighted by molar-refractivity contribution is 5.76. The summed E-state index contributed by atoms with van der Waals surface area (Å²) in [7, 11) is 0. The van der Waals surface area contributed by atoms with Gasteiger partial charge in [-0.15, -0.1) is 0 Å². The van der Waals surface area contributed by atoms with Crippen molar-refractivity contribution in [2.75, 3.05) is 6.54 Å². The Labute approximate surface area is 144 Å². The van der Waals surface area contributed by atoms with Crippen LogP contribution in [0.5, 0.6) is 0 Å². The Bertz CT molecular complexity index is 551. The van der Waals surface area contributed by atoms with Gasteiger partial charge in [-0.25, -0.2) is 0 Å². The summed E-state index contributed by atoms with van der Waals surface area (Å²) >= 11 is 0. The summed E-state index contributed by atoms with van der Waals surface area (Å²) in [5.41, 5.74) is 1.22. The van der Waals surface area contributed by atoms with E-state index >= 15 is 0 Å². The van der Waals surface area contributed by atoms with E-state index in [2.05, 4.69) is 10.3 Å². The summed E-state index contributed by atoms with van der Waals surface area (Å²) in [6, 6.07) is 3.88. The number of aromatic nitrogens is 1. The molecule has 0 saturated heterocycles. The Morgan fingerprint density at radius 1 is 1.17 bits per heavy atom. The van der Waals surface area contributed by atoms with E-state index in [1.54, 1.807) is 12.4 Å². The number of hydrogen-bond acceptors (Lipinski definition) is 3. The lowest BCUT2D eigenvalue weighted by Gasteiger charge is -2.58. The predicted molar refractivity (Wildman–Crippen MR) is 92.2 cm³/mol. The molecule has 0 radical (unpaired) electrons. The van der Waals surface area contributed by atoms with Gasteiger partial charge in [0.05, 0.1) is 6.10 Å². The van der Waals surface area contributed by atoms with Crippen LogP contribution in [0, 0.1) is 23.2 Å². The first kappa shape index (κ1) is 16.1. The van der Waals surface area contributed by atoms with Crippen LogP contribution in [0.1, 0.15) is 50.5 Å². The molecule has 4 aliphatic carbocycles. The second-order valence-corrected chi connectivity index (χ2v) is 8.46. The number of carbonyl (C=O) groups is 1. The highest BCUT2D eigenvalue weighted by Gasteiger charge is 2.53. The van der Waals surface area contributed by atoms with Gasteiger partial charge in [0.15, 0.2) is 0 Å². The van der Waals surface area contributed by atoms with Crippen LogP contribution in [-0.4, -0.2) is 28.6 Å². The average molecular weight is 328 g/mol. The standard InChI is InChI=1S/C20H28N2O2/c23-18(13-22-19(24)2-1-14-3-5-21-6-4-14)20-10-15-7-16(11-20)9-17(8-15)12-20/h3-6,15-18,23H,1-2,7-13H2,(H,22,24). The van der Waals surface area contributed by atoms with Gasteiger partial charge in [-0.1, -0.05) is 0 Å². The van der Waals surface area contributed by atoms with Gasteiger partial charge in [0, 0.05) is 25.4 Å². The van der Waals surface area contributed by atoms with E-state index in [0.29, 0.717) is 13.0 Å². The molecule has 4 fully saturated rings. The molecule has 130 valence electrons. The third-order valence-electron chi connectivity index (χ3n) is 6.68. The number of amides is 1. The zero-order chi connectivity index (χ0) is 16.6. The first-order valence-electron chi connectivity index (χ1n) is 9.47. The van der Waals surface area contributed by atoms with E-state index in [9.17, 15) is 9.90 Å². The Hall–Kier alpha value is -1.42. The van der Waals surface area contributed by atoms with Gasteiger partial charge in [-0.3, -0.25) is 9.78 Å². The van der Waals surface area contributed by atoms with Crippen molar-refractivity contribution in [3.63, 3.8) is 0 Å². The quantitative estimate of drug-likeness (QED) is 0.844. The molecule has 0 aliphatic heterocycles. The summed E-state index contributed by atoms with van der Waals surface area (Å²) in [4.78, 5) is 16.1. The van der Waals surface area contributed by atoms with Crippen molar-refractivity contribution in [2.24, 2.45) is 23.2 Å². The maximum atomic E-state index is 12.1. The molecule has 1 atom stereocenters. The molecule has 1 unspecified atom stereocenters. The van der Waals surface area contributed by atoms with Gasteiger partial charge in [0.2, 0.25) is 5.91 Å². The smallest absolute Gasteiger partial charge is 0.220 e. The Kier molecular flexibility index (Phi) is 4.33. The van der Waals surface area contributed by atoms with E-state index in [1.807, 2.05) is 12.1 Å². The number of hydrogen-bond donors (Lipinski definition) is 2. The zero-order valence-corrected chi connectivity index (χ0v) is 14.3. The fourth-order valence-electron chi connectivity index (χ4n) is 5.91. The second kappa shape index (κ2) is 6.47. The third-order valence-corrected chi connectivity index (χ3v) is 6.68. The fourth-order valence-corrected chi connectivity index (χ4v) is 5.91. The number of rotatable bonds is 6. The monoisotopic (exact) mass is 328 g/mol. The minimum Gasteiger partial charge on any atom is -0.391 e. The van der Waals surface area contributed by atoms with Gasteiger partial charge in [-0.05, 0) is 85.8 Å². The lowest BCUT2D eigenvalue weighted by Crippen LogP contribution is -2.54. The van der Waals surface area contributed by atoms with Crippen molar-refractivity contribution in [3.8, 4) is 0 Å². The summed E-state index contributed by atoms with van der Waals surface area (Å²) in [6.45, 7) is 0.418. The third kappa shape index (κ3) is 3.21. The van der Waals surface area contributed by atoms with Crippen molar-refractivity contribution in [1.82, 2.24) is 10.3 Å². The van der Waals surface area contributed by atoms with Crippen LogP contribution in [-0.2, 0) is 11.2 Å². The molecule has 4 nitrogen and oxygen atoms in total. The van der Waals surface area contributed by atoms with Crippen molar-refractivity contribution in [1.29, 1.82) is 0 Å². The number of aliphatic hydroxyl groups excluding tert-OH is 1. The molecule has 0 spiro atoms. The van der Waals surface area contributed by atoms with Crippen molar-refractivity contribution in [2.45, 2.75) is 57.5 Å². The molecule has 1 aromatic heterocycles. The molecule has 0 aromatic carbocycles. The number of pyridine rings is 1. The SMILES string of the molecule is O=C(CCc1ccncc1)NCC(O)C12CC3CC(CC(C3)C1)C2. The molecule has 4 heteroatoms. The normalized spacial score (nSPS) is 35.0. The summed E-state index contributed by atoms with van der Waals surface area (Å²) in [5.74, 6) is 2.52. The zero-order valence-electron chi connectivity index (χ0n) is 14.3. The maximum absolute atomic E-state index is 12.1. The van der Waals surface area contributed by atoms with Gasteiger partial charge >= 0.3 is 0 Å². The van der Waals surface area contributed by atoms with Crippen molar-refractivity contribution < 1.29 is 9.90 Å². The van der Waals surface area contributed by atoms with Crippen LogP contribution >= 0.6 is 0 Å². The predicted octanol–water partition coefficient (Wildman–Crippen LogP) is 2.71. The van der Waals surface area contributed by atoms with Crippen LogP contribution < -0.4 is 5.32 Å². The topological polar surface area (TPSA) is 62.2 Å². The minimum absolute atomic E-state index is 0.0376. The van der Waals surface area contributed by atoms with Crippen LogP contribution in [0.2, 0.25) is 0 Å². The van der Waals surface area contributed by atoms with Crippen LogP contribution in [0.4, 0.5) is 0 Å².